The Balaban J connectivity index is 1.35. The van der Waals surface area contributed by atoms with E-state index < -0.39 is 0 Å². The zero-order chi connectivity index (χ0) is 23.7. The Hall–Kier alpha value is -4.00. The van der Waals surface area contributed by atoms with Gasteiger partial charge in [0.15, 0.2) is 5.69 Å². The number of hydrogen-bond donors (Lipinski definition) is 3. The molecule has 7 heteroatoms. The molecule has 2 atom stereocenters. The molecule has 1 aliphatic carbocycles. The van der Waals surface area contributed by atoms with Gasteiger partial charge in [-0.25, -0.2) is 0 Å². The molecule has 3 N–H and O–H groups in total. The molecule has 0 unspecified atom stereocenters. The van der Waals surface area contributed by atoms with Crippen LogP contribution in [0.4, 0.5) is 0 Å². The number of rotatable bonds is 5. The Kier molecular flexibility index (Phi) is 5.84. The summed E-state index contributed by atoms with van der Waals surface area (Å²) >= 11 is 0. The highest BCUT2D eigenvalue weighted by Crippen LogP contribution is 2.34. The van der Waals surface area contributed by atoms with Crippen LogP contribution in [0.2, 0.25) is 0 Å². The Morgan fingerprint density at radius 1 is 1.00 bits per heavy atom. The number of fused-ring (bicyclic) bond motifs is 1. The molecule has 2 amide bonds. The van der Waals surface area contributed by atoms with Crippen molar-refractivity contribution in [3.8, 4) is 11.1 Å². The molecule has 7 nitrogen and oxygen atoms in total. The number of nitrogens with one attached hydrogen (secondary N) is 3. The molecule has 0 aliphatic heterocycles. The van der Waals surface area contributed by atoms with Crippen molar-refractivity contribution < 1.29 is 9.59 Å². The van der Waals surface area contributed by atoms with E-state index in [1.807, 2.05) is 37.3 Å². The lowest BCUT2D eigenvalue weighted by Gasteiger charge is -2.15. The van der Waals surface area contributed by atoms with Crippen molar-refractivity contribution in [1.29, 1.82) is 0 Å². The van der Waals surface area contributed by atoms with Crippen LogP contribution in [0.3, 0.4) is 0 Å². The Bertz CT molecular complexity index is 1360. The maximum absolute atomic E-state index is 13.2. The van der Waals surface area contributed by atoms with Gasteiger partial charge in [-0.3, -0.25) is 19.7 Å². The number of hydrogen-bond acceptors (Lipinski definition) is 4. The van der Waals surface area contributed by atoms with Crippen molar-refractivity contribution in [3.05, 3.63) is 83.3 Å². The molecule has 5 rings (SSSR count). The van der Waals surface area contributed by atoms with Gasteiger partial charge in [-0.2, -0.15) is 5.10 Å². The second-order valence-corrected chi connectivity index (χ2v) is 8.86. The summed E-state index contributed by atoms with van der Waals surface area (Å²) in [6, 6.07) is 18.3. The predicted octanol–water partition coefficient (Wildman–Crippen LogP) is 4.36. The number of aryl methyl sites for hydroxylation is 1. The molecule has 0 saturated heterocycles. The van der Waals surface area contributed by atoms with Crippen molar-refractivity contribution in [2.45, 2.75) is 38.1 Å². The Labute approximate surface area is 198 Å². The molecule has 172 valence electrons. The number of benzene rings is 2. The largest absolute Gasteiger partial charge is 0.354 e. The van der Waals surface area contributed by atoms with Gasteiger partial charge in [-0.05, 0) is 61.4 Å². The van der Waals surface area contributed by atoms with Gasteiger partial charge in [0.2, 0.25) is 0 Å². The van der Waals surface area contributed by atoms with Crippen molar-refractivity contribution >= 4 is 22.7 Å². The monoisotopic (exact) mass is 453 g/mol. The molecule has 4 aromatic rings. The summed E-state index contributed by atoms with van der Waals surface area (Å²) in [7, 11) is 1.58. The van der Waals surface area contributed by atoms with Gasteiger partial charge in [0, 0.05) is 30.2 Å². The predicted molar refractivity (Wildman–Crippen MR) is 132 cm³/mol. The second kappa shape index (κ2) is 9.09. The number of nitrogens with zero attached hydrogens (tertiary/aromatic N) is 2. The van der Waals surface area contributed by atoms with Gasteiger partial charge in [-0.15, -0.1) is 0 Å². The topological polar surface area (TPSA) is 99.8 Å². The number of aromatic nitrogens is 3. The molecule has 0 spiro atoms. The van der Waals surface area contributed by atoms with Crippen LogP contribution in [0.1, 0.15) is 57.3 Å². The molecule has 2 aromatic carbocycles. The number of aromatic amines is 1. The van der Waals surface area contributed by atoms with E-state index in [1.54, 1.807) is 13.2 Å². The first-order valence-corrected chi connectivity index (χ1v) is 11.6. The average Bonchev–Trinajstić information content (AvgIpc) is 3.51. The van der Waals surface area contributed by atoms with E-state index in [4.69, 9.17) is 0 Å². The van der Waals surface area contributed by atoms with Crippen LogP contribution >= 0.6 is 0 Å². The van der Waals surface area contributed by atoms with Crippen LogP contribution in [0, 0.1) is 6.92 Å². The van der Waals surface area contributed by atoms with Crippen LogP contribution in [0.5, 0.6) is 0 Å². The minimum absolute atomic E-state index is 0.0879. The van der Waals surface area contributed by atoms with Crippen LogP contribution in [-0.2, 0) is 0 Å². The number of H-pyrrole nitrogens is 1. The van der Waals surface area contributed by atoms with Crippen LogP contribution in [-0.4, -0.2) is 40.1 Å². The van der Waals surface area contributed by atoms with E-state index >= 15 is 0 Å². The normalized spacial score (nSPS) is 17.6. The van der Waals surface area contributed by atoms with E-state index in [2.05, 4.69) is 50.1 Å². The highest BCUT2D eigenvalue weighted by molar-refractivity contribution is 6.05. The minimum atomic E-state index is -0.239. The molecule has 1 aliphatic rings. The highest BCUT2D eigenvalue weighted by Gasteiger charge is 2.27. The van der Waals surface area contributed by atoms with Gasteiger partial charge < -0.3 is 10.6 Å². The second-order valence-electron chi connectivity index (χ2n) is 8.86. The van der Waals surface area contributed by atoms with E-state index in [0.29, 0.717) is 22.9 Å². The lowest BCUT2D eigenvalue weighted by Crippen LogP contribution is -2.33. The van der Waals surface area contributed by atoms with Crippen molar-refractivity contribution in [3.63, 3.8) is 0 Å². The lowest BCUT2D eigenvalue weighted by atomic mass is 9.97. The van der Waals surface area contributed by atoms with E-state index in [1.165, 1.54) is 5.56 Å². The van der Waals surface area contributed by atoms with Crippen molar-refractivity contribution in [1.82, 2.24) is 25.8 Å². The Morgan fingerprint density at radius 3 is 2.62 bits per heavy atom. The van der Waals surface area contributed by atoms with Crippen molar-refractivity contribution in [2.24, 2.45) is 0 Å². The van der Waals surface area contributed by atoms with Crippen LogP contribution in [0.15, 0.2) is 60.8 Å². The first kappa shape index (κ1) is 21.8. The summed E-state index contributed by atoms with van der Waals surface area (Å²) in [6.07, 6.45) is 4.77. The molecular weight excluding hydrogens is 426 g/mol. The molecule has 0 radical (unpaired) electrons. The first-order chi connectivity index (χ1) is 16.5. The smallest absolute Gasteiger partial charge is 0.272 e. The number of pyridine rings is 1. The third-order valence-corrected chi connectivity index (χ3v) is 6.71. The maximum atomic E-state index is 13.2. The van der Waals surface area contributed by atoms with E-state index in [-0.39, 0.29) is 17.9 Å². The summed E-state index contributed by atoms with van der Waals surface area (Å²) in [5.41, 5.74) is 5.46. The summed E-state index contributed by atoms with van der Waals surface area (Å²) < 4.78 is 0. The fourth-order valence-electron chi connectivity index (χ4n) is 4.82. The van der Waals surface area contributed by atoms with Gasteiger partial charge in [0.25, 0.3) is 11.8 Å². The first-order valence-electron chi connectivity index (χ1n) is 11.6. The third kappa shape index (κ3) is 4.17. The molecule has 0 bridgehead atoms. The third-order valence-electron chi connectivity index (χ3n) is 6.71. The van der Waals surface area contributed by atoms with E-state index in [0.717, 1.165) is 41.3 Å². The number of carbonyl (C=O) groups excluding carboxylic acids is 2. The summed E-state index contributed by atoms with van der Waals surface area (Å²) in [5, 5.41) is 13.6. The zero-order valence-electron chi connectivity index (χ0n) is 19.3. The van der Waals surface area contributed by atoms with Crippen molar-refractivity contribution in [2.75, 3.05) is 7.05 Å². The SMILES string of the molecule is CNC(=O)c1n[nH]c2cc(-c3cnc(C)c(C(=O)N[C@H]4CC[C@@H](c5ccccc5)C4)c3)ccc12. The van der Waals surface area contributed by atoms with Crippen LogP contribution in [0.25, 0.3) is 22.0 Å². The fraction of sp³-hybridized carbons (Fsp3) is 0.259. The summed E-state index contributed by atoms with van der Waals surface area (Å²) in [6.45, 7) is 1.86. The summed E-state index contributed by atoms with van der Waals surface area (Å²) in [4.78, 5) is 29.6. The van der Waals surface area contributed by atoms with Gasteiger partial charge in [-0.1, -0.05) is 36.4 Å². The maximum Gasteiger partial charge on any atom is 0.272 e. The van der Waals surface area contributed by atoms with Crippen LogP contribution < -0.4 is 10.6 Å². The zero-order valence-corrected chi connectivity index (χ0v) is 19.3. The standard InChI is InChI=1S/C27H27N5O2/c1-16-23(26(33)30-21-10-8-18(12-21)17-6-4-3-5-7-17)13-20(15-29-16)19-9-11-22-24(14-19)31-32-25(22)27(34)28-2/h3-7,9,11,13-15,18,21H,8,10,12H2,1-2H3,(H,28,34)(H,30,33)(H,31,32)/t18-,21+/m1/s1. The molecule has 2 heterocycles. The van der Waals surface area contributed by atoms with Gasteiger partial charge >= 0.3 is 0 Å². The quantitative estimate of drug-likeness (QED) is 0.418. The van der Waals surface area contributed by atoms with E-state index in [9.17, 15) is 9.59 Å². The lowest BCUT2D eigenvalue weighted by molar-refractivity contribution is 0.0934. The molecular formula is C27H27N5O2. The average molecular weight is 454 g/mol. The molecule has 1 saturated carbocycles. The molecule has 34 heavy (non-hydrogen) atoms. The number of carbonyl (C=O) groups is 2. The molecule has 1 fully saturated rings. The number of amides is 2. The molecule has 2 aromatic heterocycles. The minimum Gasteiger partial charge on any atom is -0.354 e. The van der Waals surface area contributed by atoms with Gasteiger partial charge in [0.05, 0.1) is 16.8 Å². The van der Waals surface area contributed by atoms with Gasteiger partial charge in [0.1, 0.15) is 0 Å². The fourth-order valence-corrected chi connectivity index (χ4v) is 4.82. The highest BCUT2D eigenvalue weighted by atomic mass is 16.2. The Morgan fingerprint density at radius 2 is 1.82 bits per heavy atom. The summed E-state index contributed by atoms with van der Waals surface area (Å²) in [5.74, 6) is 0.157.